The molecule has 30 heavy (non-hydrogen) atoms. The third-order valence-corrected chi connectivity index (χ3v) is 5.44. The van der Waals surface area contributed by atoms with Crippen molar-refractivity contribution in [2.24, 2.45) is 10.2 Å². The Morgan fingerprint density at radius 3 is 2.63 bits per heavy atom. The number of amides is 1. The van der Waals surface area contributed by atoms with Crippen LogP contribution in [0.1, 0.15) is 16.9 Å². The van der Waals surface area contributed by atoms with E-state index in [4.69, 9.17) is 16.0 Å². The van der Waals surface area contributed by atoms with Crippen LogP contribution in [0.25, 0.3) is 6.08 Å². The highest BCUT2D eigenvalue weighted by Gasteiger charge is 2.34. The van der Waals surface area contributed by atoms with Gasteiger partial charge in [-0.1, -0.05) is 41.9 Å². The van der Waals surface area contributed by atoms with E-state index in [1.165, 1.54) is 28.9 Å². The Labute approximate surface area is 181 Å². The van der Waals surface area contributed by atoms with E-state index in [1.807, 2.05) is 12.1 Å². The maximum absolute atomic E-state index is 13.8. The molecule has 1 fully saturated rings. The van der Waals surface area contributed by atoms with Crippen molar-refractivity contribution >= 4 is 46.7 Å². The van der Waals surface area contributed by atoms with E-state index in [2.05, 4.69) is 10.2 Å². The van der Waals surface area contributed by atoms with Gasteiger partial charge in [0.05, 0.1) is 23.9 Å². The predicted octanol–water partition coefficient (Wildman–Crippen LogP) is 5.58. The van der Waals surface area contributed by atoms with Crippen LogP contribution in [0.5, 0.6) is 0 Å². The molecule has 3 aromatic rings. The monoisotopic (exact) mass is 439 g/mol. The Balaban J connectivity index is 1.62. The molecule has 1 aliphatic heterocycles. The van der Waals surface area contributed by atoms with Crippen LogP contribution < -0.4 is 0 Å². The van der Waals surface area contributed by atoms with Gasteiger partial charge in [0.15, 0.2) is 5.17 Å². The van der Waals surface area contributed by atoms with Crippen LogP contribution in [0, 0.1) is 5.82 Å². The molecule has 0 saturated carbocycles. The van der Waals surface area contributed by atoms with Gasteiger partial charge in [-0.25, -0.2) is 4.39 Å². The van der Waals surface area contributed by atoms with E-state index < -0.39 is 5.82 Å². The molecular formula is C22H15ClFN3O2S. The minimum atomic E-state index is -0.396. The van der Waals surface area contributed by atoms with Gasteiger partial charge in [-0.2, -0.15) is 5.10 Å². The number of hydrogen-bond donors (Lipinski definition) is 0. The van der Waals surface area contributed by atoms with Crippen LogP contribution in [0.3, 0.4) is 0 Å². The fourth-order valence-corrected chi connectivity index (χ4v) is 3.77. The van der Waals surface area contributed by atoms with Crippen molar-refractivity contribution in [1.29, 1.82) is 0 Å². The fourth-order valence-electron chi connectivity index (χ4n) is 2.71. The topological polar surface area (TPSA) is 58.2 Å². The quantitative estimate of drug-likeness (QED) is 0.296. The summed E-state index contributed by atoms with van der Waals surface area (Å²) in [6.07, 6.45) is 4.63. The lowest BCUT2D eigenvalue weighted by atomic mass is 10.2. The molecule has 8 heteroatoms. The van der Waals surface area contributed by atoms with Crippen LogP contribution in [0.15, 0.2) is 86.5 Å². The molecule has 0 radical (unpaired) electrons. The summed E-state index contributed by atoms with van der Waals surface area (Å²) < 4.78 is 19.1. The molecule has 1 aliphatic rings. The zero-order valence-corrected chi connectivity index (χ0v) is 17.1. The first-order valence-corrected chi connectivity index (χ1v) is 10.1. The van der Waals surface area contributed by atoms with Gasteiger partial charge < -0.3 is 4.42 Å². The molecule has 4 rings (SSSR count). The number of carbonyl (C=O) groups excluding carboxylic acids is 1. The number of benzene rings is 2. The lowest BCUT2D eigenvalue weighted by Crippen LogP contribution is -2.28. The van der Waals surface area contributed by atoms with Gasteiger partial charge in [-0.15, -0.1) is 5.10 Å². The maximum Gasteiger partial charge on any atom is 0.267 e. The lowest BCUT2D eigenvalue weighted by Gasteiger charge is -2.12. The summed E-state index contributed by atoms with van der Waals surface area (Å²) in [5, 5.41) is 9.14. The number of nitrogens with zero attached hydrogens (tertiary/aromatic N) is 3. The van der Waals surface area contributed by atoms with Gasteiger partial charge in [0.2, 0.25) is 0 Å². The molecule has 0 unspecified atom stereocenters. The van der Waals surface area contributed by atoms with Gasteiger partial charge in [-0.3, -0.25) is 9.69 Å². The highest BCUT2D eigenvalue weighted by atomic mass is 35.5. The van der Waals surface area contributed by atoms with E-state index in [0.29, 0.717) is 26.4 Å². The minimum Gasteiger partial charge on any atom is -0.467 e. The molecule has 150 valence electrons. The number of rotatable bonds is 5. The average Bonchev–Trinajstić information content (AvgIpc) is 3.35. The Bertz CT molecular complexity index is 1140. The Morgan fingerprint density at radius 2 is 1.90 bits per heavy atom. The molecule has 0 bridgehead atoms. The van der Waals surface area contributed by atoms with Crippen LogP contribution >= 0.6 is 23.4 Å². The van der Waals surface area contributed by atoms with Crippen molar-refractivity contribution in [2.75, 3.05) is 0 Å². The van der Waals surface area contributed by atoms with Crippen molar-refractivity contribution in [3.63, 3.8) is 0 Å². The van der Waals surface area contributed by atoms with Crippen molar-refractivity contribution in [3.05, 3.63) is 99.6 Å². The van der Waals surface area contributed by atoms with Crippen LogP contribution in [0.2, 0.25) is 5.02 Å². The number of halogens is 2. The van der Waals surface area contributed by atoms with Crippen molar-refractivity contribution in [2.45, 2.75) is 6.54 Å². The molecule has 1 amide bonds. The highest BCUT2D eigenvalue weighted by molar-refractivity contribution is 8.18. The Kier molecular flexibility index (Phi) is 6.11. The summed E-state index contributed by atoms with van der Waals surface area (Å²) in [7, 11) is 0. The summed E-state index contributed by atoms with van der Waals surface area (Å²) in [5.74, 6) is 0.000958. The minimum absolute atomic E-state index is 0.213. The van der Waals surface area contributed by atoms with Gasteiger partial charge >= 0.3 is 0 Å². The normalized spacial score (nSPS) is 17.0. The fraction of sp³-hybridized carbons (Fsp3) is 0.0455. The SMILES string of the molecule is O=C1/C(=C/c2ccc(Cl)cc2)S/C(=N/N=C\c2ccccc2F)N1Cc1ccco1. The molecule has 0 atom stereocenters. The second-order valence-corrected chi connectivity index (χ2v) is 7.73. The molecule has 5 nitrogen and oxygen atoms in total. The first kappa shape index (κ1) is 20.1. The third-order valence-electron chi connectivity index (χ3n) is 4.20. The lowest BCUT2D eigenvalue weighted by molar-refractivity contribution is -0.122. The van der Waals surface area contributed by atoms with Gasteiger partial charge in [0.1, 0.15) is 11.6 Å². The third kappa shape index (κ3) is 4.69. The van der Waals surface area contributed by atoms with Crippen LogP contribution in [-0.4, -0.2) is 22.2 Å². The molecule has 2 aromatic carbocycles. The zero-order valence-electron chi connectivity index (χ0n) is 15.5. The molecule has 0 spiro atoms. The molecule has 0 aliphatic carbocycles. The van der Waals surface area contributed by atoms with Gasteiger partial charge in [0, 0.05) is 10.6 Å². The molecule has 1 aromatic heterocycles. The Hall–Kier alpha value is -3.16. The van der Waals surface area contributed by atoms with E-state index in [1.54, 1.807) is 54.8 Å². The highest BCUT2D eigenvalue weighted by Crippen LogP contribution is 2.34. The second kappa shape index (κ2) is 9.11. The molecular weight excluding hydrogens is 425 g/mol. The summed E-state index contributed by atoms with van der Waals surface area (Å²) in [6, 6.07) is 16.9. The summed E-state index contributed by atoms with van der Waals surface area (Å²) in [5.41, 5.74) is 1.15. The Morgan fingerprint density at radius 1 is 1.10 bits per heavy atom. The maximum atomic E-state index is 13.8. The van der Waals surface area contributed by atoms with E-state index >= 15 is 0 Å². The smallest absolute Gasteiger partial charge is 0.267 e. The second-order valence-electron chi connectivity index (χ2n) is 6.28. The van der Waals surface area contributed by atoms with Crippen molar-refractivity contribution < 1.29 is 13.6 Å². The zero-order chi connectivity index (χ0) is 20.9. The van der Waals surface area contributed by atoms with Crippen LogP contribution in [0.4, 0.5) is 4.39 Å². The number of amidine groups is 1. The number of carbonyl (C=O) groups is 1. The van der Waals surface area contributed by atoms with Crippen LogP contribution in [-0.2, 0) is 11.3 Å². The summed E-state index contributed by atoms with van der Waals surface area (Å²) in [6.45, 7) is 0.213. The first-order chi connectivity index (χ1) is 14.6. The number of thioether (sulfide) groups is 1. The summed E-state index contributed by atoms with van der Waals surface area (Å²) in [4.78, 5) is 14.9. The standard InChI is InChI=1S/C22H15ClFN3O2S/c23-17-9-7-15(8-10-17)12-20-21(28)27(14-18-5-3-11-29-18)22(30-20)26-25-13-16-4-1-2-6-19(16)24/h1-13H,14H2/b20-12-,25-13-,26-22+. The van der Waals surface area contributed by atoms with Gasteiger partial charge in [0.25, 0.3) is 5.91 Å². The molecule has 2 heterocycles. The van der Waals surface area contributed by atoms with E-state index in [-0.39, 0.29) is 12.5 Å². The van der Waals surface area contributed by atoms with Gasteiger partial charge in [-0.05, 0) is 53.7 Å². The predicted molar refractivity (Wildman–Crippen MR) is 118 cm³/mol. The first-order valence-electron chi connectivity index (χ1n) is 8.95. The molecule has 1 saturated heterocycles. The van der Waals surface area contributed by atoms with Crippen molar-refractivity contribution in [1.82, 2.24) is 4.90 Å². The van der Waals surface area contributed by atoms with E-state index in [0.717, 1.165) is 5.56 Å². The summed E-state index contributed by atoms with van der Waals surface area (Å²) >= 11 is 7.12. The number of furan rings is 1. The average molecular weight is 440 g/mol. The molecule has 0 N–H and O–H groups in total. The largest absolute Gasteiger partial charge is 0.467 e. The van der Waals surface area contributed by atoms with E-state index in [9.17, 15) is 9.18 Å². The number of hydrogen-bond acceptors (Lipinski definition) is 5. The van der Waals surface area contributed by atoms with Crippen molar-refractivity contribution in [3.8, 4) is 0 Å².